The van der Waals surface area contributed by atoms with Crippen molar-refractivity contribution >= 4 is 0 Å². The molecule has 3 aliphatic rings. The first-order valence-electron chi connectivity index (χ1n) is 7.88. The first-order chi connectivity index (χ1) is 8.81. The largest absolute Gasteiger partial charge is 0.381 e. The molecule has 0 aromatic rings. The van der Waals surface area contributed by atoms with Crippen molar-refractivity contribution < 1.29 is 4.74 Å². The molecule has 1 aliphatic carbocycles. The molecule has 2 saturated heterocycles. The second-order valence-electron chi connectivity index (χ2n) is 6.64. The van der Waals surface area contributed by atoms with Gasteiger partial charge in [0.05, 0.1) is 0 Å². The normalized spacial score (nSPS) is 43.2. The van der Waals surface area contributed by atoms with Crippen LogP contribution in [-0.2, 0) is 4.74 Å². The monoisotopic (exact) mass is 252 g/mol. The van der Waals surface area contributed by atoms with Crippen LogP contribution in [0.25, 0.3) is 0 Å². The average molecular weight is 252 g/mol. The Labute approximate surface area is 111 Å². The van der Waals surface area contributed by atoms with E-state index in [1.807, 2.05) is 0 Å². The Hall–Kier alpha value is -0.120. The second kappa shape index (κ2) is 5.48. The highest BCUT2D eigenvalue weighted by Gasteiger charge is 2.47. The summed E-state index contributed by atoms with van der Waals surface area (Å²) < 4.78 is 5.62. The Morgan fingerprint density at radius 2 is 1.89 bits per heavy atom. The van der Waals surface area contributed by atoms with Gasteiger partial charge in [0.2, 0.25) is 0 Å². The zero-order chi connectivity index (χ0) is 12.4. The van der Waals surface area contributed by atoms with Crippen LogP contribution in [0.5, 0.6) is 0 Å². The molecule has 0 amide bonds. The van der Waals surface area contributed by atoms with Gasteiger partial charge in [0.1, 0.15) is 0 Å². The minimum Gasteiger partial charge on any atom is -0.381 e. The van der Waals surface area contributed by atoms with E-state index in [-0.39, 0.29) is 5.54 Å². The smallest absolute Gasteiger partial charge is 0.0498 e. The van der Waals surface area contributed by atoms with Crippen molar-refractivity contribution in [2.45, 2.75) is 50.5 Å². The van der Waals surface area contributed by atoms with E-state index in [0.29, 0.717) is 5.92 Å². The van der Waals surface area contributed by atoms with Gasteiger partial charge in [-0.15, -0.1) is 0 Å². The Balaban J connectivity index is 1.75. The summed E-state index contributed by atoms with van der Waals surface area (Å²) in [6.45, 7) is 4.08. The van der Waals surface area contributed by atoms with Gasteiger partial charge in [-0.25, -0.2) is 0 Å². The summed E-state index contributed by atoms with van der Waals surface area (Å²) >= 11 is 0. The fourth-order valence-corrected chi connectivity index (χ4v) is 4.59. The van der Waals surface area contributed by atoms with E-state index in [1.165, 1.54) is 44.9 Å². The third kappa shape index (κ3) is 2.33. The highest BCUT2D eigenvalue weighted by Crippen LogP contribution is 2.42. The summed E-state index contributed by atoms with van der Waals surface area (Å²) in [5, 5.41) is 3.56. The Morgan fingerprint density at radius 3 is 2.61 bits per heavy atom. The van der Waals surface area contributed by atoms with Crippen molar-refractivity contribution in [3.63, 3.8) is 0 Å². The fourth-order valence-electron chi connectivity index (χ4n) is 4.59. The predicted octanol–water partition coefficient (Wildman–Crippen LogP) is 1.91. The number of hydrogen-bond donors (Lipinski definition) is 2. The van der Waals surface area contributed by atoms with Gasteiger partial charge in [-0.2, -0.15) is 0 Å². The van der Waals surface area contributed by atoms with Crippen LogP contribution in [0.4, 0.5) is 0 Å². The van der Waals surface area contributed by atoms with E-state index in [1.54, 1.807) is 0 Å². The summed E-state index contributed by atoms with van der Waals surface area (Å²) in [6.07, 6.45) is 9.37. The zero-order valence-electron chi connectivity index (χ0n) is 11.5. The van der Waals surface area contributed by atoms with Crippen molar-refractivity contribution in [3.05, 3.63) is 0 Å². The summed E-state index contributed by atoms with van der Waals surface area (Å²) in [4.78, 5) is 0. The second-order valence-corrected chi connectivity index (χ2v) is 6.64. The molecule has 3 N–H and O–H groups in total. The van der Waals surface area contributed by atoms with Crippen LogP contribution in [0.1, 0.15) is 44.9 Å². The zero-order valence-corrected chi connectivity index (χ0v) is 11.5. The van der Waals surface area contributed by atoms with Gasteiger partial charge in [0.25, 0.3) is 0 Å². The molecule has 0 spiro atoms. The maximum atomic E-state index is 6.94. The molecule has 2 heterocycles. The molecule has 3 heteroatoms. The fraction of sp³-hybridized carbons (Fsp3) is 1.00. The minimum absolute atomic E-state index is 0.0387. The van der Waals surface area contributed by atoms with Crippen LogP contribution in [0, 0.1) is 17.8 Å². The number of rotatable bonds is 2. The number of nitrogens with two attached hydrogens (primary N) is 1. The number of piperidine rings is 1. The lowest BCUT2D eigenvalue weighted by Gasteiger charge is -2.50. The highest BCUT2D eigenvalue weighted by molar-refractivity contribution is 5.04. The summed E-state index contributed by atoms with van der Waals surface area (Å²) in [5.41, 5.74) is 6.98. The first kappa shape index (κ1) is 12.9. The number of ether oxygens (including phenoxy) is 1. The summed E-state index contributed by atoms with van der Waals surface area (Å²) in [7, 11) is 0. The molecule has 3 fully saturated rings. The van der Waals surface area contributed by atoms with Crippen LogP contribution in [0.15, 0.2) is 0 Å². The minimum atomic E-state index is 0.0387. The molecule has 3 nitrogen and oxygen atoms in total. The quantitative estimate of drug-likeness (QED) is 0.789. The Bertz CT molecular complexity index is 272. The van der Waals surface area contributed by atoms with E-state index in [4.69, 9.17) is 10.5 Å². The van der Waals surface area contributed by atoms with Crippen LogP contribution in [0.3, 0.4) is 0 Å². The molecule has 3 unspecified atom stereocenters. The first-order valence-corrected chi connectivity index (χ1v) is 7.88. The van der Waals surface area contributed by atoms with Crippen molar-refractivity contribution in [2.24, 2.45) is 23.5 Å². The predicted molar refractivity (Wildman–Crippen MR) is 73.4 cm³/mol. The molecule has 18 heavy (non-hydrogen) atoms. The molecule has 3 rings (SSSR count). The molecule has 2 aliphatic heterocycles. The summed E-state index contributed by atoms with van der Waals surface area (Å²) in [6, 6.07) is 0. The number of hydrogen-bond acceptors (Lipinski definition) is 3. The number of nitrogens with one attached hydrogen (secondary N) is 1. The van der Waals surface area contributed by atoms with Crippen LogP contribution < -0.4 is 11.1 Å². The third-order valence-corrected chi connectivity index (χ3v) is 5.65. The molecule has 1 saturated carbocycles. The lowest BCUT2D eigenvalue weighted by Crippen LogP contribution is -2.64. The molecule has 0 bridgehead atoms. The van der Waals surface area contributed by atoms with Crippen molar-refractivity contribution in [3.8, 4) is 0 Å². The molecule has 104 valence electrons. The standard InChI is InChI=1S/C15H28N2O/c16-15(13-4-2-1-3-5-13)11-17-8-6-14(15)12-7-9-18-10-12/h12-14,17H,1-11,16H2. The van der Waals surface area contributed by atoms with Gasteiger partial charge in [0.15, 0.2) is 0 Å². The van der Waals surface area contributed by atoms with E-state index in [9.17, 15) is 0 Å². The topological polar surface area (TPSA) is 47.3 Å². The van der Waals surface area contributed by atoms with Gasteiger partial charge in [-0.1, -0.05) is 19.3 Å². The van der Waals surface area contributed by atoms with E-state index >= 15 is 0 Å². The van der Waals surface area contributed by atoms with Crippen LogP contribution in [0.2, 0.25) is 0 Å². The molecule has 0 aromatic heterocycles. The molecular weight excluding hydrogens is 224 g/mol. The van der Waals surface area contributed by atoms with Crippen molar-refractivity contribution in [1.29, 1.82) is 0 Å². The lowest BCUT2D eigenvalue weighted by atomic mass is 9.62. The third-order valence-electron chi connectivity index (χ3n) is 5.65. The van der Waals surface area contributed by atoms with Crippen molar-refractivity contribution in [1.82, 2.24) is 5.32 Å². The Morgan fingerprint density at radius 1 is 1.06 bits per heavy atom. The lowest BCUT2D eigenvalue weighted by molar-refractivity contribution is 0.0565. The van der Waals surface area contributed by atoms with Crippen molar-refractivity contribution in [2.75, 3.05) is 26.3 Å². The SMILES string of the molecule is NC1(C2CCCCC2)CNCCC1C1CCOC1. The molecule has 0 radical (unpaired) electrons. The molecular formula is C15H28N2O. The summed E-state index contributed by atoms with van der Waals surface area (Å²) in [5.74, 6) is 2.15. The van der Waals surface area contributed by atoms with E-state index in [0.717, 1.165) is 38.1 Å². The van der Waals surface area contributed by atoms with E-state index in [2.05, 4.69) is 5.32 Å². The average Bonchev–Trinajstić information content (AvgIpc) is 2.94. The molecule has 3 atom stereocenters. The van der Waals surface area contributed by atoms with Gasteiger partial charge < -0.3 is 15.8 Å². The van der Waals surface area contributed by atoms with Gasteiger partial charge in [-0.05, 0) is 50.0 Å². The van der Waals surface area contributed by atoms with Crippen LogP contribution >= 0.6 is 0 Å². The maximum absolute atomic E-state index is 6.94. The molecule has 0 aromatic carbocycles. The highest BCUT2D eigenvalue weighted by atomic mass is 16.5. The Kier molecular flexibility index (Phi) is 3.92. The van der Waals surface area contributed by atoms with E-state index < -0.39 is 0 Å². The van der Waals surface area contributed by atoms with Gasteiger partial charge in [-0.3, -0.25) is 0 Å². The maximum Gasteiger partial charge on any atom is 0.0498 e. The van der Waals surface area contributed by atoms with Gasteiger partial charge in [0, 0.05) is 25.3 Å². The van der Waals surface area contributed by atoms with Crippen LogP contribution in [-0.4, -0.2) is 31.8 Å². The van der Waals surface area contributed by atoms with Gasteiger partial charge >= 0.3 is 0 Å².